The molecule has 0 saturated carbocycles. The molecule has 0 amide bonds. The van der Waals surface area contributed by atoms with E-state index < -0.39 is 5.97 Å². The Morgan fingerprint density at radius 2 is 1.43 bits per heavy atom. The van der Waals surface area contributed by atoms with Crippen LogP contribution in [0.5, 0.6) is 5.75 Å². The minimum Gasteiger partial charge on any atom is -0.492 e. The van der Waals surface area contributed by atoms with Gasteiger partial charge in [-0.25, -0.2) is 4.79 Å². The molecule has 1 rings (SSSR count). The lowest BCUT2D eigenvalue weighted by molar-refractivity contribution is 0.0691. The lowest BCUT2D eigenvalue weighted by atomic mass is 9.90. The summed E-state index contributed by atoms with van der Waals surface area (Å²) in [6, 6.07) is 1.87. The maximum atomic E-state index is 11.9. The van der Waals surface area contributed by atoms with Crippen LogP contribution >= 0.6 is 0 Å². The zero-order valence-electron chi connectivity index (χ0n) is 18.7. The second-order valence-corrected chi connectivity index (χ2v) is 7.85. The van der Waals surface area contributed by atoms with Gasteiger partial charge in [-0.1, -0.05) is 85.5 Å². The van der Waals surface area contributed by atoms with Crippen molar-refractivity contribution >= 4 is 5.97 Å². The number of aromatic carboxylic acids is 1. The van der Waals surface area contributed by atoms with E-state index in [1.165, 1.54) is 49.7 Å². The number of benzene rings is 1. The molecule has 1 aromatic carbocycles. The number of rotatable bonds is 16. The van der Waals surface area contributed by atoms with Crippen LogP contribution in [0.4, 0.5) is 0 Å². The molecule has 0 aliphatic carbocycles. The molecule has 0 spiro atoms. The van der Waals surface area contributed by atoms with Crippen LogP contribution in [0.25, 0.3) is 0 Å². The summed E-state index contributed by atoms with van der Waals surface area (Å²) >= 11 is 0. The Hall–Kier alpha value is -1.51. The van der Waals surface area contributed by atoms with Gasteiger partial charge in [-0.2, -0.15) is 0 Å². The highest BCUT2D eigenvalue weighted by Crippen LogP contribution is 2.33. The Morgan fingerprint density at radius 1 is 0.821 bits per heavy atom. The second kappa shape index (κ2) is 14.5. The summed E-state index contributed by atoms with van der Waals surface area (Å²) in [7, 11) is 0. The summed E-state index contributed by atoms with van der Waals surface area (Å²) in [5.74, 6) is -0.239. The Bertz CT molecular complexity index is 578. The fourth-order valence-electron chi connectivity index (χ4n) is 4.00. The molecule has 1 aromatic rings. The van der Waals surface area contributed by atoms with Gasteiger partial charge in [-0.15, -0.1) is 0 Å². The molecule has 28 heavy (non-hydrogen) atoms. The normalized spacial score (nSPS) is 11.0. The maximum Gasteiger partial charge on any atom is 0.339 e. The third-order valence-corrected chi connectivity index (χ3v) is 5.44. The highest BCUT2D eigenvalue weighted by atomic mass is 16.5. The van der Waals surface area contributed by atoms with Gasteiger partial charge in [0.1, 0.15) is 11.3 Å². The van der Waals surface area contributed by atoms with E-state index in [0.29, 0.717) is 17.9 Å². The minimum absolute atomic E-state index is 0.351. The molecule has 0 bridgehead atoms. The highest BCUT2D eigenvalue weighted by molar-refractivity contribution is 5.92. The average molecular weight is 391 g/mol. The third-order valence-electron chi connectivity index (χ3n) is 5.44. The van der Waals surface area contributed by atoms with Crippen LogP contribution in [-0.4, -0.2) is 17.7 Å². The summed E-state index contributed by atoms with van der Waals surface area (Å²) in [4.78, 5) is 11.9. The fourth-order valence-corrected chi connectivity index (χ4v) is 4.00. The van der Waals surface area contributed by atoms with Crippen molar-refractivity contribution in [2.45, 2.75) is 111 Å². The molecule has 0 radical (unpaired) electrons. The topological polar surface area (TPSA) is 46.5 Å². The van der Waals surface area contributed by atoms with Gasteiger partial charge in [-0.3, -0.25) is 0 Å². The first-order chi connectivity index (χ1) is 13.6. The van der Waals surface area contributed by atoms with Crippen molar-refractivity contribution in [2.75, 3.05) is 6.61 Å². The highest BCUT2D eigenvalue weighted by Gasteiger charge is 2.21. The van der Waals surface area contributed by atoms with E-state index in [1.807, 2.05) is 6.07 Å². The Labute approximate surface area is 172 Å². The summed E-state index contributed by atoms with van der Waals surface area (Å²) in [6.07, 6.45) is 14.8. The lowest BCUT2D eigenvalue weighted by Crippen LogP contribution is -2.12. The smallest absolute Gasteiger partial charge is 0.339 e. The number of carboxylic acids is 1. The first kappa shape index (κ1) is 24.5. The van der Waals surface area contributed by atoms with Crippen LogP contribution < -0.4 is 4.74 Å². The molecule has 0 heterocycles. The Balaban J connectivity index is 2.81. The number of carbonyl (C=O) groups is 1. The molecule has 3 heteroatoms. The molecular weight excluding hydrogens is 348 g/mol. The summed E-state index contributed by atoms with van der Waals surface area (Å²) in [5, 5.41) is 9.78. The molecule has 0 aromatic heterocycles. The molecule has 0 atom stereocenters. The summed E-state index contributed by atoms with van der Waals surface area (Å²) in [5.41, 5.74) is 3.97. The van der Waals surface area contributed by atoms with Crippen molar-refractivity contribution < 1.29 is 14.6 Å². The molecule has 3 nitrogen and oxygen atoms in total. The first-order valence-corrected chi connectivity index (χ1v) is 11.6. The molecule has 0 aliphatic heterocycles. The van der Waals surface area contributed by atoms with E-state index in [9.17, 15) is 9.90 Å². The number of ether oxygens (including phenoxy) is 1. The van der Waals surface area contributed by atoms with Gasteiger partial charge in [0.15, 0.2) is 0 Å². The van der Waals surface area contributed by atoms with Gasteiger partial charge in [0.05, 0.1) is 6.61 Å². The van der Waals surface area contributed by atoms with Crippen LogP contribution in [-0.2, 0) is 19.3 Å². The number of aryl methyl sites for hydroxylation is 1. The van der Waals surface area contributed by atoms with Crippen LogP contribution in [0.15, 0.2) is 6.07 Å². The van der Waals surface area contributed by atoms with E-state index in [2.05, 4.69) is 27.7 Å². The quantitative estimate of drug-likeness (QED) is 0.300. The monoisotopic (exact) mass is 390 g/mol. The Morgan fingerprint density at radius 3 is 1.96 bits per heavy atom. The Kier molecular flexibility index (Phi) is 12.7. The van der Waals surface area contributed by atoms with E-state index in [-0.39, 0.29) is 0 Å². The molecule has 1 N–H and O–H groups in total. The standard InChI is InChI=1S/C25H42O3/c1-5-9-10-11-12-13-14-15-18-28-24-22(17-7-3)21(8-4)20(16-6-2)19-23(24)25(26)27/h19H,5-18H2,1-4H3,(H,26,27). The van der Waals surface area contributed by atoms with Gasteiger partial charge >= 0.3 is 5.97 Å². The van der Waals surface area contributed by atoms with Gasteiger partial charge in [0, 0.05) is 0 Å². The van der Waals surface area contributed by atoms with Crippen LogP contribution in [0, 0.1) is 0 Å². The molecule has 0 aliphatic rings. The number of carboxylic acid groups (broad SMARTS) is 1. The average Bonchev–Trinajstić information content (AvgIpc) is 2.68. The van der Waals surface area contributed by atoms with E-state index in [1.54, 1.807) is 0 Å². The largest absolute Gasteiger partial charge is 0.492 e. The van der Waals surface area contributed by atoms with E-state index in [4.69, 9.17) is 4.74 Å². The SMILES string of the molecule is CCCCCCCCCCOc1c(C(=O)O)cc(CCC)c(CC)c1CCC. The second-order valence-electron chi connectivity index (χ2n) is 7.85. The van der Waals surface area contributed by atoms with E-state index >= 15 is 0 Å². The maximum absolute atomic E-state index is 11.9. The summed E-state index contributed by atoms with van der Waals surface area (Å²) < 4.78 is 6.12. The first-order valence-electron chi connectivity index (χ1n) is 11.6. The van der Waals surface area contributed by atoms with Gasteiger partial charge in [0.25, 0.3) is 0 Å². The molecule has 0 fully saturated rings. The van der Waals surface area contributed by atoms with E-state index in [0.717, 1.165) is 50.5 Å². The minimum atomic E-state index is -0.872. The van der Waals surface area contributed by atoms with Crippen molar-refractivity contribution in [2.24, 2.45) is 0 Å². The zero-order valence-corrected chi connectivity index (χ0v) is 18.7. The molecular formula is C25H42O3. The van der Waals surface area contributed by atoms with Crippen molar-refractivity contribution in [3.8, 4) is 5.75 Å². The van der Waals surface area contributed by atoms with Gasteiger partial charge < -0.3 is 9.84 Å². The van der Waals surface area contributed by atoms with Gasteiger partial charge in [0.2, 0.25) is 0 Å². The van der Waals surface area contributed by atoms with Crippen molar-refractivity contribution in [3.63, 3.8) is 0 Å². The molecule has 0 saturated heterocycles. The molecule has 160 valence electrons. The molecule has 0 unspecified atom stereocenters. The van der Waals surface area contributed by atoms with Crippen LogP contribution in [0.1, 0.15) is 119 Å². The number of hydrogen-bond donors (Lipinski definition) is 1. The van der Waals surface area contributed by atoms with Crippen molar-refractivity contribution in [1.29, 1.82) is 0 Å². The fraction of sp³-hybridized carbons (Fsp3) is 0.720. The van der Waals surface area contributed by atoms with Crippen molar-refractivity contribution in [3.05, 3.63) is 28.3 Å². The summed E-state index contributed by atoms with van der Waals surface area (Å²) in [6.45, 7) is 9.31. The number of hydrogen-bond acceptors (Lipinski definition) is 2. The van der Waals surface area contributed by atoms with Crippen molar-refractivity contribution in [1.82, 2.24) is 0 Å². The lowest BCUT2D eigenvalue weighted by Gasteiger charge is -2.20. The predicted molar refractivity (Wildman–Crippen MR) is 119 cm³/mol. The third kappa shape index (κ3) is 7.85. The van der Waals surface area contributed by atoms with Gasteiger partial charge in [-0.05, 0) is 48.4 Å². The zero-order chi connectivity index (χ0) is 20.8. The van der Waals surface area contributed by atoms with Crippen LogP contribution in [0.3, 0.4) is 0 Å². The predicted octanol–water partition coefficient (Wildman–Crippen LogP) is 7.37. The van der Waals surface area contributed by atoms with Crippen LogP contribution in [0.2, 0.25) is 0 Å². The number of unbranched alkanes of at least 4 members (excludes halogenated alkanes) is 7.